The molecule has 1 aromatic rings. The molecule has 0 atom stereocenters. The summed E-state index contributed by atoms with van der Waals surface area (Å²) in [6, 6.07) is 3.25. The number of hydrogen-bond acceptors (Lipinski definition) is 5. The maximum absolute atomic E-state index is 11.5. The van der Waals surface area contributed by atoms with Gasteiger partial charge in [0, 0.05) is 24.2 Å². The number of hydrogen-bond donors (Lipinski definition) is 1. The summed E-state index contributed by atoms with van der Waals surface area (Å²) in [6.07, 6.45) is 0.269. The summed E-state index contributed by atoms with van der Waals surface area (Å²) in [4.78, 5) is 31.2. The highest BCUT2D eigenvalue weighted by Gasteiger charge is 2.24. The van der Waals surface area contributed by atoms with Crippen molar-refractivity contribution in [3.63, 3.8) is 0 Å². The van der Waals surface area contributed by atoms with Crippen molar-refractivity contribution in [2.45, 2.75) is 20.3 Å². The van der Waals surface area contributed by atoms with Crippen LogP contribution < -0.4 is 5.32 Å². The summed E-state index contributed by atoms with van der Waals surface area (Å²) in [6.45, 7) is 3.72. The number of anilines is 1. The van der Waals surface area contributed by atoms with Crippen LogP contribution in [0.5, 0.6) is 0 Å². The lowest BCUT2D eigenvalue weighted by atomic mass is 10.1. The molecule has 1 N–H and O–H groups in total. The largest absolute Gasteiger partial charge is 0.348 e. The molecular formula is C11H13N3O5. The second kappa shape index (κ2) is 5.89. The van der Waals surface area contributed by atoms with Crippen molar-refractivity contribution in [3.8, 4) is 0 Å². The van der Waals surface area contributed by atoms with Crippen LogP contribution >= 0.6 is 0 Å². The van der Waals surface area contributed by atoms with E-state index in [9.17, 15) is 25.0 Å². The van der Waals surface area contributed by atoms with Gasteiger partial charge in [0.25, 0.3) is 0 Å². The summed E-state index contributed by atoms with van der Waals surface area (Å²) in [7, 11) is 0. The van der Waals surface area contributed by atoms with Gasteiger partial charge in [0.2, 0.25) is 5.91 Å². The molecule has 8 heteroatoms. The normalized spacial score (nSPS) is 10.3. The summed E-state index contributed by atoms with van der Waals surface area (Å²) < 4.78 is 0. The minimum absolute atomic E-state index is 0.146. The second-order valence-electron chi connectivity index (χ2n) is 4.36. The van der Waals surface area contributed by atoms with E-state index < -0.39 is 21.2 Å². The zero-order chi connectivity index (χ0) is 14.6. The van der Waals surface area contributed by atoms with E-state index in [0.717, 1.165) is 12.1 Å². The third-order valence-corrected chi connectivity index (χ3v) is 2.25. The first-order valence-electron chi connectivity index (χ1n) is 5.54. The molecular weight excluding hydrogens is 254 g/mol. The van der Waals surface area contributed by atoms with Gasteiger partial charge in [0.1, 0.15) is 0 Å². The minimum Gasteiger partial charge on any atom is -0.326 e. The number of nitrogens with one attached hydrogen (secondary N) is 1. The molecule has 1 amide bonds. The predicted octanol–water partition coefficient (Wildman–Crippen LogP) is 2.49. The molecule has 0 unspecified atom stereocenters. The quantitative estimate of drug-likeness (QED) is 0.649. The minimum atomic E-state index is -0.851. The lowest BCUT2D eigenvalue weighted by molar-refractivity contribution is -0.422. The molecule has 1 rings (SSSR count). The molecule has 19 heavy (non-hydrogen) atoms. The SMILES string of the molecule is CC(C)CC(=O)Nc1ccc([N+](=O)[O-])c([N+](=O)[O-])c1. The molecule has 0 saturated heterocycles. The van der Waals surface area contributed by atoms with Gasteiger partial charge in [-0.3, -0.25) is 25.0 Å². The lowest BCUT2D eigenvalue weighted by Crippen LogP contribution is -2.14. The lowest BCUT2D eigenvalue weighted by Gasteiger charge is -2.06. The summed E-state index contributed by atoms with van der Waals surface area (Å²) in [5, 5.41) is 23.8. The van der Waals surface area contributed by atoms with Crippen LogP contribution in [-0.4, -0.2) is 15.8 Å². The third-order valence-electron chi connectivity index (χ3n) is 2.25. The van der Waals surface area contributed by atoms with Crippen LogP contribution in [0.3, 0.4) is 0 Å². The van der Waals surface area contributed by atoms with E-state index in [0.29, 0.717) is 0 Å². The van der Waals surface area contributed by atoms with E-state index in [2.05, 4.69) is 5.32 Å². The van der Waals surface area contributed by atoms with Gasteiger partial charge in [-0.15, -0.1) is 0 Å². The highest BCUT2D eigenvalue weighted by molar-refractivity contribution is 5.91. The number of carbonyl (C=O) groups is 1. The summed E-state index contributed by atoms with van der Waals surface area (Å²) in [5.74, 6) is -0.147. The van der Waals surface area contributed by atoms with E-state index in [1.54, 1.807) is 0 Å². The van der Waals surface area contributed by atoms with Crippen LogP contribution in [0.1, 0.15) is 20.3 Å². The van der Waals surface area contributed by atoms with Crippen LogP contribution in [0, 0.1) is 26.1 Å². The Labute approximate surface area is 108 Å². The molecule has 0 fully saturated rings. The molecule has 0 heterocycles. The van der Waals surface area contributed by atoms with Crippen LogP contribution in [-0.2, 0) is 4.79 Å². The molecule has 0 aliphatic rings. The van der Waals surface area contributed by atoms with Crippen molar-refractivity contribution in [2.75, 3.05) is 5.32 Å². The van der Waals surface area contributed by atoms with Crippen molar-refractivity contribution in [1.29, 1.82) is 0 Å². The second-order valence-corrected chi connectivity index (χ2v) is 4.36. The molecule has 0 aliphatic carbocycles. The van der Waals surface area contributed by atoms with Gasteiger partial charge in [-0.25, -0.2) is 0 Å². The van der Waals surface area contributed by atoms with Crippen molar-refractivity contribution < 1.29 is 14.6 Å². The Balaban J connectivity index is 2.99. The van der Waals surface area contributed by atoms with Gasteiger partial charge < -0.3 is 5.32 Å². The van der Waals surface area contributed by atoms with Gasteiger partial charge in [-0.1, -0.05) is 13.8 Å². The zero-order valence-corrected chi connectivity index (χ0v) is 10.5. The van der Waals surface area contributed by atoms with Crippen molar-refractivity contribution >= 4 is 23.0 Å². The first kappa shape index (κ1) is 14.6. The van der Waals surface area contributed by atoms with Crippen molar-refractivity contribution in [1.82, 2.24) is 0 Å². The Hall–Kier alpha value is -2.51. The van der Waals surface area contributed by atoms with E-state index in [4.69, 9.17) is 0 Å². The highest BCUT2D eigenvalue weighted by Crippen LogP contribution is 2.29. The summed E-state index contributed by atoms with van der Waals surface area (Å²) >= 11 is 0. The maximum atomic E-state index is 11.5. The number of nitro benzene ring substituents is 2. The zero-order valence-electron chi connectivity index (χ0n) is 10.5. The van der Waals surface area contributed by atoms with Gasteiger partial charge >= 0.3 is 11.4 Å². The van der Waals surface area contributed by atoms with E-state index >= 15 is 0 Å². The van der Waals surface area contributed by atoms with Crippen LogP contribution in [0.15, 0.2) is 18.2 Å². The standard InChI is InChI=1S/C11H13N3O5/c1-7(2)5-11(15)12-8-3-4-9(13(16)17)10(6-8)14(18)19/h3-4,6-7H,5H2,1-2H3,(H,12,15). The first-order valence-corrected chi connectivity index (χ1v) is 5.54. The Bertz CT molecular complexity index is 527. The molecule has 0 aliphatic heterocycles. The van der Waals surface area contributed by atoms with Crippen LogP contribution in [0.25, 0.3) is 0 Å². The molecule has 102 valence electrons. The predicted molar refractivity (Wildman–Crippen MR) is 67.8 cm³/mol. The molecule has 0 saturated carbocycles. The smallest absolute Gasteiger partial charge is 0.326 e. The molecule has 1 aromatic carbocycles. The van der Waals surface area contributed by atoms with Gasteiger partial charge in [0.05, 0.1) is 9.85 Å². The number of carbonyl (C=O) groups excluding carboxylic acids is 1. The van der Waals surface area contributed by atoms with Gasteiger partial charge in [-0.2, -0.15) is 0 Å². The van der Waals surface area contributed by atoms with Crippen LogP contribution in [0.2, 0.25) is 0 Å². The Morgan fingerprint density at radius 1 is 1.21 bits per heavy atom. The maximum Gasteiger partial charge on any atom is 0.348 e. The fourth-order valence-corrected chi connectivity index (χ4v) is 1.48. The molecule has 8 nitrogen and oxygen atoms in total. The third kappa shape index (κ3) is 4.02. The van der Waals surface area contributed by atoms with Gasteiger partial charge in [0.15, 0.2) is 0 Å². The van der Waals surface area contributed by atoms with Gasteiger partial charge in [-0.05, 0) is 12.0 Å². The Morgan fingerprint density at radius 3 is 2.26 bits per heavy atom. The van der Waals surface area contributed by atoms with Crippen molar-refractivity contribution in [3.05, 3.63) is 38.4 Å². The molecule has 0 aromatic heterocycles. The average molecular weight is 267 g/mol. The van der Waals surface area contributed by atoms with E-state index in [1.807, 2.05) is 13.8 Å². The average Bonchev–Trinajstić information content (AvgIpc) is 2.27. The molecule has 0 bridgehead atoms. The highest BCUT2D eigenvalue weighted by atomic mass is 16.6. The number of nitrogens with zero attached hydrogens (tertiary/aromatic N) is 2. The Kier molecular flexibility index (Phi) is 4.51. The number of amides is 1. The summed E-state index contributed by atoms with van der Waals surface area (Å²) in [5.41, 5.74) is -1.08. The molecule has 0 spiro atoms. The number of nitro groups is 2. The molecule has 0 radical (unpaired) electrons. The number of rotatable bonds is 5. The first-order chi connectivity index (χ1) is 8.81. The van der Waals surface area contributed by atoms with E-state index in [1.165, 1.54) is 6.07 Å². The van der Waals surface area contributed by atoms with Crippen molar-refractivity contribution in [2.24, 2.45) is 5.92 Å². The topological polar surface area (TPSA) is 115 Å². The van der Waals surface area contributed by atoms with E-state index in [-0.39, 0.29) is 23.9 Å². The fourth-order valence-electron chi connectivity index (χ4n) is 1.48. The Morgan fingerprint density at radius 2 is 1.79 bits per heavy atom. The fraction of sp³-hybridized carbons (Fsp3) is 0.364. The van der Waals surface area contributed by atoms with Crippen LogP contribution in [0.4, 0.5) is 17.1 Å². The number of benzene rings is 1. The monoisotopic (exact) mass is 267 g/mol.